The van der Waals surface area contributed by atoms with Crippen LogP contribution in [0.15, 0.2) is 28.7 Å². The molecular formula is C18H29NO3. The molecule has 4 heteroatoms. The van der Waals surface area contributed by atoms with Gasteiger partial charge in [-0.1, -0.05) is 27.7 Å². The number of Topliss-reactive ketones (excluding diaryl/α,β-unsaturated/α-hetero) is 1. The van der Waals surface area contributed by atoms with Crippen molar-refractivity contribution < 1.29 is 13.9 Å². The van der Waals surface area contributed by atoms with E-state index in [1.165, 1.54) is 6.92 Å². The van der Waals surface area contributed by atoms with E-state index in [0.717, 1.165) is 24.1 Å². The zero-order chi connectivity index (χ0) is 17.0. The van der Waals surface area contributed by atoms with Gasteiger partial charge in [0.15, 0.2) is 11.5 Å². The molecule has 0 amide bonds. The first-order valence-corrected chi connectivity index (χ1v) is 8.02. The Balaban J connectivity index is 0.00000102. The highest BCUT2D eigenvalue weighted by atomic mass is 16.5. The van der Waals surface area contributed by atoms with E-state index < -0.39 is 0 Å². The van der Waals surface area contributed by atoms with Crippen LogP contribution in [0.1, 0.15) is 51.6 Å². The van der Waals surface area contributed by atoms with E-state index in [1.54, 1.807) is 6.07 Å². The third kappa shape index (κ3) is 6.31. The van der Waals surface area contributed by atoms with Crippen LogP contribution in [-0.2, 0) is 0 Å². The minimum Gasteiger partial charge on any atom is -0.494 e. The zero-order valence-corrected chi connectivity index (χ0v) is 14.7. The second-order valence-electron chi connectivity index (χ2n) is 4.17. The van der Waals surface area contributed by atoms with Crippen molar-refractivity contribution >= 4 is 16.8 Å². The van der Waals surface area contributed by atoms with Gasteiger partial charge in [-0.25, -0.2) is 0 Å². The standard InChI is InChI=1S/C14H17NO3.2C2H6/c1-10(16)14-9-11-8-12(4-5-13(11)18-14)17-7-3-6-15-2;2*1-2/h4-5,8-9,15H,3,6-7H2,1-2H3;2*1-2H3. The topological polar surface area (TPSA) is 51.5 Å². The summed E-state index contributed by atoms with van der Waals surface area (Å²) in [4.78, 5) is 11.2. The molecule has 0 fully saturated rings. The van der Waals surface area contributed by atoms with Gasteiger partial charge in [-0.15, -0.1) is 0 Å². The summed E-state index contributed by atoms with van der Waals surface area (Å²) in [6.45, 7) is 11.1. The third-order valence-corrected chi connectivity index (χ3v) is 2.67. The number of benzene rings is 1. The van der Waals surface area contributed by atoms with Crippen LogP contribution < -0.4 is 10.1 Å². The molecular weight excluding hydrogens is 278 g/mol. The summed E-state index contributed by atoms with van der Waals surface area (Å²) in [6.07, 6.45) is 0.957. The van der Waals surface area contributed by atoms with Crippen molar-refractivity contribution in [2.45, 2.75) is 41.0 Å². The van der Waals surface area contributed by atoms with Crippen LogP contribution in [0.25, 0.3) is 11.0 Å². The number of furan rings is 1. The predicted octanol–water partition coefficient (Wildman–Crippen LogP) is 4.68. The number of fused-ring (bicyclic) bond motifs is 1. The van der Waals surface area contributed by atoms with Gasteiger partial charge in [-0.3, -0.25) is 4.79 Å². The molecule has 0 bridgehead atoms. The fourth-order valence-electron chi connectivity index (χ4n) is 1.72. The SMILES string of the molecule is CC.CC.CNCCCOc1ccc2oc(C(C)=O)cc2c1. The number of rotatable bonds is 6. The fraction of sp³-hybridized carbons (Fsp3) is 0.500. The maximum atomic E-state index is 11.2. The Kier molecular flexibility index (Phi) is 10.8. The van der Waals surface area contributed by atoms with Crippen LogP contribution in [0.4, 0.5) is 0 Å². The van der Waals surface area contributed by atoms with Gasteiger partial charge in [0.2, 0.25) is 0 Å². The van der Waals surface area contributed by atoms with Crippen molar-refractivity contribution in [2.24, 2.45) is 0 Å². The molecule has 0 aliphatic heterocycles. The van der Waals surface area contributed by atoms with Gasteiger partial charge >= 0.3 is 0 Å². The van der Waals surface area contributed by atoms with Crippen molar-refractivity contribution in [3.63, 3.8) is 0 Å². The molecule has 4 nitrogen and oxygen atoms in total. The largest absolute Gasteiger partial charge is 0.494 e. The highest BCUT2D eigenvalue weighted by molar-refractivity contribution is 5.96. The Morgan fingerprint density at radius 1 is 1.18 bits per heavy atom. The summed E-state index contributed by atoms with van der Waals surface area (Å²) in [5, 5.41) is 3.96. The molecule has 22 heavy (non-hydrogen) atoms. The lowest BCUT2D eigenvalue weighted by molar-refractivity contribution is 0.0989. The molecule has 124 valence electrons. The van der Waals surface area contributed by atoms with Gasteiger partial charge < -0.3 is 14.5 Å². The van der Waals surface area contributed by atoms with E-state index in [-0.39, 0.29) is 5.78 Å². The summed E-state index contributed by atoms with van der Waals surface area (Å²) in [5.74, 6) is 1.12. The quantitative estimate of drug-likeness (QED) is 0.622. The second-order valence-corrected chi connectivity index (χ2v) is 4.17. The van der Waals surface area contributed by atoms with E-state index in [4.69, 9.17) is 9.15 Å². The summed E-state index contributed by atoms with van der Waals surface area (Å²) in [7, 11) is 1.92. The Morgan fingerprint density at radius 2 is 1.86 bits per heavy atom. The van der Waals surface area contributed by atoms with Crippen LogP contribution in [0, 0.1) is 0 Å². The van der Waals surface area contributed by atoms with Crippen LogP contribution in [0.3, 0.4) is 0 Å². The minimum atomic E-state index is -0.0670. The summed E-state index contributed by atoms with van der Waals surface area (Å²) >= 11 is 0. The van der Waals surface area contributed by atoms with E-state index >= 15 is 0 Å². The monoisotopic (exact) mass is 307 g/mol. The van der Waals surface area contributed by atoms with E-state index in [9.17, 15) is 4.79 Å². The molecule has 0 atom stereocenters. The van der Waals surface area contributed by atoms with E-state index in [0.29, 0.717) is 18.0 Å². The maximum Gasteiger partial charge on any atom is 0.194 e. The first kappa shape index (κ1) is 20.2. The molecule has 0 unspecified atom stereocenters. The lowest BCUT2D eigenvalue weighted by atomic mass is 10.2. The van der Waals surface area contributed by atoms with Crippen LogP contribution in [-0.4, -0.2) is 26.0 Å². The summed E-state index contributed by atoms with van der Waals surface area (Å²) in [6, 6.07) is 7.33. The Morgan fingerprint density at radius 3 is 2.45 bits per heavy atom. The Bertz CT molecular complexity index is 546. The van der Waals surface area contributed by atoms with E-state index in [1.807, 2.05) is 52.9 Å². The summed E-state index contributed by atoms with van der Waals surface area (Å²) in [5.41, 5.74) is 0.711. The Hall–Kier alpha value is -1.81. The minimum absolute atomic E-state index is 0.0670. The number of ether oxygens (including phenoxy) is 1. The van der Waals surface area contributed by atoms with Crippen molar-refractivity contribution in [1.82, 2.24) is 5.32 Å². The molecule has 0 aliphatic carbocycles. The molecule has 2 rings (SSSR count). The predicted molar refractivity (Wildman–Crippen MR) is 93.0 cm³/mol. The second kappa shape index (κ2) is 11.8. The molecule has 0 saturated carbocycles. The van der Waals surface area contributed by atoms with Gasteiger partial charge in [0.1, 0.15) is 11.3 Å². The van der Waals surface area contributed by atoms with Crippen molar-refractivity contribution in [3.05, 3.63) is 30.0 Å². The van der Waals surface area contributed by atoms with E-state index in [2.05, 4.69) is 5.32 Å². The van der Waals surface area contributed by atoms with Crippen molar-refractivity contribution in [3.8, 4) is 5.75 Å². The van der Waals surface area contributed by atoms with Gasteiger partial charge in [0, 0.05) is 12.3 Å². The maximum absolute atomic E-state index is 11.2. The highest BCUT2D eigenvalue weighted by Crippen LogP contribution is 2.24. The zero-order valence-electron chi connectivity index (χ0n) is 14.7. The Labute approximate surface area is 133 Å². The first-order chi connectivity index (χ1) is 10.7. The first-order valence-electron chi connectivity index (χ1n) is 8.02. The number of hydrogen-bond acceptors (Lipinski definition) is 4. The van der Waals surface area contributed by atoms with Crippen molar-refractivity contribution in [1.29, 1.82) is 0 Å². The molecule has 0 aliphatic rings. The molecule has 1 heterocycles. The number of nitrogens with one attached hydrogen (secondary N) is 1. The van der Waals surface area contributed by atoms with Crippen LogP contribution in [0.2, 0.25) is 0 Å². The number of ketones is 1. The van der Waals surface area contributed by atoms with Gasteiger partial charge in [0.25, 0.3) is 0 Å². The molecule has 2 aromatic rings. The lowest BCUT2D eigenvalue weighted by Gasteiger charge is -2.05. The third-order valence-electron chi connectivity index (χ3n) is 2.67. The molecule has 1 aromatic carbocycles. The normalized spacial score (nSPS) is 9.36. The van der Waals surface area contributed by atoms with Crippen molar-refractivity contribution in [2.75, 3.05) is 20.2 Å². The molecule has 1 aromatic heterocycles. The highest BCUT2D eigenvalue weighted by Gasteiger charge is 2.08. The average Bonchev–Trinajstić information content (AvgIpc) is 2.99. The van der Waals surface area contributed by atoms with Crippen LogP contribution >= 0.6 is 0 Å². The average molecular weight is 307 g/mol. The number of carbonyl (C=O) groups excluding carboxylic acids is 1. The molecule has 1 N–H and O–H groups in total. The molecule has 0 spiro atoms. The number of hydrogen-bond donors (Lipinski definition) is 1. The number of carbonyl (C=O) groups is 1. The van der Waals surface area contributed by atoms with Crippen LogP contribution in [0.5, 0.6) is 5.75 Å². The fourth-order valence-corrected chi connectivity index (χ4v) is 1.72. The molecule has 0 saturated heterocycles. The van der Waals surface area contributed by atoms with Gasteiger partial charge in [-0.2, -0.15) is 0 Å². The van der Waals surface area contributed by atoms with Gasteiger partial charge in [-0.05, 0) is 44.3 Å². The smallest absolute Gasteiger partial charge is 0.194 e. The lowest BCUT2D eigenvalue weighted by Crippen LogP contribution is -2.11. The summed E-state index contributed by atoms with van der Waals surface area (Å²) < 4.78 is 11.0. The van der Waals surface area contributed by atoms with Gasteiger partial charge in [0.05, 0.1) is 6.61 Å². The molecule has 0 radical (unpaired) electrons.